The number of piperazine rings is 1. The van der Waals surface area contributed by atoms with Gasteiger partial charge in [0.05, 0.1) is 0 Å². The van der Waals surface area contributed by atoms with Gasteiger partial charge in [-0.15, -0.1) is 0 Å². The zero-order valence-electron chi connectivity index (χ0n) is 13.5. The van der Waals surface area contributed by atoms with E-state index < -0.39 is 0 Å². The van der Waals surface area contributed by atoms with Crippen molar-refractivity contribution in [1.29, 1.82) is 0 Å². The minimum Gasteiger partial charge on any atom is -0.370 e. The maximum Gasteiger partial charge on any atom is 0.0397 e. The van der Waals surface area contributed by atoms with E-state index in [1.807, 2.05) is 12.4 Å². The SMILES string of the molecule is c1ccc(N2CCC(N3CCN(c4ccncc4)CC3)C2)cc1. The highest BCUT2D eigenvalue weighted by Crippen LogP contribution is 2.24. The summed E-state index contributed by atoms with van der Waals surface area (Å²) in [6.07, 6.45) is 5.05. The Labute approximate surface area is 138 Å². The zero-order valence-corrected chi connectivity index (χ0v) is 13.5. The maximum absolute atomic E-state index is 4.11. The molecule has 2 saturated heterocycles. The Bertz CT molecular complexity index is 608. The molecule has 3 heterocycles. The second kappa shape index (κ2) is 6.59. The fraction of sp³-hybridized carbons (Fsp3) is 0.421. The van der Waals surface area contributed by atoms with E-state index in [1.165, 1.54) is 30.9 Å². The van der Waals surface area contributed by atoms with Gasteiger partial charge >= 0.3 is 0 Å². The quantitative estimate of drug-likeness (QED) is 0.869. The van der Waals surface area contributed by atoms with Crippen LogP contribution in [0.25, 0.3) is 0 Å². The summed E-state index contributed by atoms with van der Waals surface area (Å²) >= 11 is 0. The van der Waals surface area contributed by atoms with Gasteiger partial charge in [0.15, 0.2) is 0 Å². The molecule has 0 bridgehead atoms. The molecule has 4 nitrogen and oxygen atoms in total. The normalized spacial score (nSPS) is 22.5. The highest BCUT2D eigenvalue weighted by molar-refractivity contribution is 5.47. The molecule has 0 radical (unpaired) electrons. The van der Waals surface area contributed by atoms with E-state index in [0.717, 1.165) is 26.2 Å². The fourth-order valence-electron chi connectivity index (χ4n) is 3.81. The van der Waals surface area contributed by atoms with E-state index >= 15 is 0 Å². The van der Waals surface area contributed by atoms with Gasteiger partial charge in [0.25, 0.3) is 0 Å². The van der Waals surface area contributed by atoms with Crippen molar-refractivity contribution in [2.45, 2.75) is 12.5 Å². The Hall–Kier alpha value is -2.07. The molecule has 0 amide bonds. The summed E-state index contributed by atoms with van der Waals surface area (Å²) in [5.41, 5.74) is 2.67. The predicted octanol–water partition coefficient (Wildman–Crippen LogP) is 2.48. The number of hydrogen-bond donors (Lipinski definition) is 0. The monoisotopic (exact) mass is 308 g/mol. The number of aromatic nitrogens is 1. The molecule has 4 heteroatoms. The van der Waals surface area contributed by atoms with E-state index in [2.05, 4.69) is 62.1 Å². The van der Waals surface area contributed by atoms with Crippen LogP contribution < -0.4 is 9.80 Å². The summed E-state index contributed by atoms with van der Waals surface area (Å²) in [6, 6.07) is 15.7. The molecule has 0 saturated carbocycles. The molecule has 0 N–H and O–H groups in total. The molecular weight excluding hydrogens is 284 g/mol. The summed E-state index contributed by atoms with van der Waals surface area (Å²) in [6.45, 7) is 6.90. The van der Waals surface area contributed by atoms with Crippen molar-refractivity contribution in [3.8, 4) is 0 Å². The molecule has 120 valence electrons. The third-order valence-electron chi connectivity index (χ3n) is 5.14. The number of anilines is 2. The van der Waals surface area contributed by atoms with Gasteiger partial charge in [-0.25, -0.2) is 0 Å². The van der Waals surface area contributed by atoms with Crippen molar-refractivity contribution in [2.24, 2.45) is 0 Å². The first-order valence-corrected chi connectivity index (χ1v) is 8.59. The Morgan fingerprint density at radius 2 is 1.43 bits per heavy atom. The fourth-order valence-corrected chi connectivity index (χ4v) is 3.81. The number of pyridine rings is 1. The van der Waals surface area contributed by atoms with Crippen molar-refractivity contribution in [3.05, 3.63) is 54.9 Å². The largest absolute Gasteiger partial charge is 0.370 e. The van der Waals surface area contributed by atoms with E-state index in [0.29, 0.717) is 6.04 Å². The number of para-hydroxylation sites is 1. The first kappa shape index (κ1) is 14.5. The third kappa shape index (κ3) is 3.17. The van der Waals surface area contributed by atoms with Gasteiger partial charge in [-0.1, -0.05) is 18.2 Å². The second-order valence-corrected chi connectivity index (χ2v) is 6.45. The topological polar surface area (TPSA) is 22.6 Å². The van der Waals surface area contributed by atoms with Crippen LogP contribution in [0.2, 0.25) is 0 Å². The molecule has 1 unspecified atom stereocenters. The Morgan fingerprint density at radius 1 is 0.739 bits per heavy atom. The predicted molar refractivity (Wildman–Crippen MR) is 95.1 cm³/mol. The zero-order chi connectivity index (χ0) is 15.5. The molecule has 23 heavy (non-hydrogen) atoms. The maximum atomic E-state index is 4.11. The lowest BCUT2D eigenvalue weighted by atomic mass is 10.2. The smallest absolute Gasteiger partial charge is 0.0397 e. The standard InChI is InChI=1S/C19H24N4/c1-2-4-17(5-3-1)23-11-8-19(16-23)22-14-12-21(13-15-22)18-6-9-20-10-7-18/h1-7,9-10,19H,8,11-16H2. The molecule has 1 aromatic heterocycles. The van der Waals surface area contributed by atoms with Crippen molar-refractivity contribution in [1.82, 2.24) is 9.88 Å². The summed E-state index contributed by atoms with van der Waals surface area (Å²) in [5.74, 6) is 0. The Kier molecular flexibility index (Phi) is 4.16. The lowest BCUT2D eigenvalue weighted by molar-refractivity contribution is 0.198. The van der Waals surface area contributed by atoms with Gasteiger partial charge < -0.3 is 9.80 Å². The van der Waals surface area contributed by atoms with Crippen LogP contribution in [-0.2, 0) is 0 Å². The van der Waals surface area contributed by atoms with Crippen molar-refractivity contribution < 1.29 is 0 Å². The van der Waals surface area contributed by atoms with Gasteiger partial charge in [0, 0.05) is 69.1 Å². The number of hydrogen-bond acceptors (Lipinski definition) is 4. The molecular formula is C19H24N4. The summed E-state index contributed by atoms with van der Waals surface area (Å²) in [5, 5.41) is 0. The highest BCUT2D eigenvalue weighted by Gasteiger charge is 2.30. The van der Waals surface area contributed by atoms with E-state index in [4.69, 9.17) is 0 Å². The molecule has 2 aromatic rings. The van der Waals surface area contributed by atoms with Crippen molar-refractivity contribution >= 4 is 11.4 Å². The van der Waals surface area contributed by atoms with Crippen molar-refractivity contribution in [3.63, 3.8) is 0 Å². The van der Waals surface area contributed by atoms with Crippen LogP contribution in [0.3, 0.4) is 0 Å². The van der Waals surface area contributed by atoms with Crippen LogP contribution in [0.15, 0.2) is 54.9 Å². The third-order valence-corrected chi connectivity index (χ3v) is 5.14. The van der Waals surface area contributed by atoms with Gasteiger partial charge in [0.2, 0.25) is 0 Å². The molecule has 2 fully saturated rings. The highest BCUT2D eigenvalue weighted by atomic mass is 15.3. The van der Waals surface area contributed by atoms with Crippen LogP contribution in [0.1, 0.15) is 6.42 Å². The van der Waals surface area contributed by atoms with Crippen LogP contribution in [0.5, 0.6) is 0 Å². The van der Waals surface area contributed by atoms with Gasteiger partial charge in [0.1, 0.15) is 0 Å². The van der Waals surface area contributed by atoms with Crippen LogP contribution >= 0.6 is 0 Å². The molecule has 2 aliphatic rings. The summed E-state index contributed by atoms with van der Waals surface area (Å²) < 4.78 is 0. The lowest BCUT2D eigenvalue weighted by Gasteiger charge is -2.39. The number of nitrogens with zero attached hydrogens (tertiary/aromatic N) is 4. The minimum absolute atomic E-state index is 0.704. The molecule has 0 spiro atoms. The number of rotatable bonds is 3. The molecule has 1 aromatic carbocycles. The van der Waals surface area contributed by atoms with E-state index in [1.54, 1.807) is 0 Å². The minimum atomic E-state index is 0.704. The molecule has 1 atom stereocenters. The van der Waals surface area contributed by atoms with Crippen LogP contribution in [0.4, 0.5) is 11.4 Å². The van der Waals surface area contributed by atoms with Crippen molar-refractivity contribution in [2.75, 3.05) is 49.1 Å². The summed E-state index contributed by atoms with van der Waals surface area (Å²) in [7, 11) is 0. The lowest BCUT2D eigenvalue weighted by Crippen LogP contribution is -2.51. The molecule has 2 aliphatic heterocycles. The first-order chi connectivity index (χ1) is 11.4. The molecule has 4 rings (SSSR count). The number of benzene rings is 1. The summed E-state index contributed by atoms with van der Waals surface area (Å²) in [4.78, 5) is 11.8. The van der Waals surface area contributed by atoms with Crippen LogP contribution in [0, 0.1) is 0 Å². The van der Waals surface area contributed by atoms with E-state index in [9.17, 15) is 0 Å². The first-order valence-electron chi connectivity index (χ1n) is 8.59. The second-order valence-electron chi connectivity index (χ2n) is 6.45. The van der Waals surface area contributed by atoms with Gasteiger partial charge in [-0.2, -0.15) is 0 Å². The Morgan fingerprint density at radius 3 is 2.17 bits per heavy atom. The Balaban J connectivity index is 1.33. The average molecular weight is 308 g/mol. The van der Waals surface area contributed by atoms with Gasteiger partial charge in [-0.05, 0) is 30.7 Å². The average Bonchev–Trinajstić information content (AvgIpc) is 3.14. The van der Waals surface area contributed by atoms with Gasteiger partial charge in [-0.3, -0.25) is 9.88 Å². The molecule has 0 aliphatic carbocycles. The van der Waals surface area contributed by atoms with Crippen LogP contribution in [-0.4, -0.2) is 55.2 Å². The van der Waals surface area contributed by atoms with E-state index in [-0.39, 0.29) is 0 Å².